The first-order valence-electron chi connectivity index (χ1n) is 9.69. The predicted molar refractivity (Wildman–Crippen MR) is 106 cm³/mol. The molecule has 0 unspecified atom stereocenters. The summed E-state index contributed by atoms with van der Waals surface area (Å²) in [6.07, 6.45) is 7.27. The van der Waals surface area contributed by atoms with E-state index in [1.807, 2.05) is 13.8 Å². The minimum absolute atomic E-state index is 0.216. The fourth-order valence-corrected chi connectivity index (χ4v) is 3.15. The molecule has 0 saturated carbocycles. The molecular weight excluding hydrogens is 328 g/mol. The van der Waals surface area contributed by atoms with Crippen molar-refractivity contribution in [1.82, 2.24) is 0 Å². The normalized spacial score (nSPS) is 12.2. The van der Waals surface area contributed by atoms with Gasteiger partial charge >= 0.3 is 0 Å². The van der Waals surface area contributed by atoms with Crippen molar-refractivity contribution < 1.29 is 19.7 Å². The highest BCUT2D eigenvalue weighted by Crippen LogP contribution is 2.31. The molecule has 148 valence electrons. The lowest BCUT2D eigenvalue weighted by Gasteiger charge is -2.22. The molecule has 0 heterocycles. The molecule has 0 aromatic heterocycles. The van der Waals surface area contributed by atoms with Gasteiger partial charge in [-0.15, -0.1) is 0 Å². The van der Waals surface area contributed by atoms with Crippen molar-refractivity contribution >= 4 is 6.47 Å². The number of hydrogen-bond acceptors (Lipinski definition) is 4. The molecule has 4 heteroatoms. The van der Waals surface area contributed by atoms with Crippen molar-refractivity contribution in [2.24, 2.45) is 5.41 Å². The molecule has 1 aromatic carbocycles. The Balaban J connectivity index is 2.56. The largest absolute Gasteiger partial charge is 0.508 e. The van der Waals surface area contributed by atoms with Gasteiger partial charge in [0, 0.05) is 0 Å². The Morgan fingerprint density at radius 3 is 1.85 bits per heavy atom. The van der Waals surface area contributed by atoms with Gasteiger partial charge in [-0.1, -0.05) is 27.2 Å². The van der Waals surface area contributed by atoms with E-state index in [-0.39, 0.29) is 5.75 Å². The van der Waals surface area contributed by atoms with Crippen molar-refractivity contribution in [3.8, 4) is 11.5 Å². The number of aryl methyl sites for hydroxylation is 2. The van der Waals surface area contributed by atoms with Crippen LogP contribution >= 0.6 is 0 Å². The molecule has 0 radical (unpaired) electrons. The topological polar surface area (TPSA) is 66.8 Å². The van der Waals surface area contributed by atoms with Crippen LogP contribution in [-0.4, -0.2) is 22.3 Å². The summed E-state index contributed by atoms with van der Waals surface area (Å²) in [4.78, 5) is 10.5. The Morgan fingerprint density at radius 1 is 0.885 bits per heavy atom. The molecule has 0 spiro atoms. The van der Waals surface area contributed by atoms with Gasteiger partial charge in [-0.05, 0) is 87.5 Å². The van der Waals surface area contributed by atoms with Gasteiger partial charge in [0.15, 0.2) is 0 Å². The minimum atomic E-state index is -0.458. The van der Waals surface area contributed by atoms with Crippen LogP contribution in [0.4, 0.5) is 0 Å². The molecule has 0 amide bonds. The molecule has 0 atom stereocenters. The summed E-state index contributed by atoms with van der Waals surface area (Å²) in [6.45, 7) is 11.0. The van der Waals surface area contributed by atoms with Gasteiger partial charge in [-0.25, -0.2) is 0 Å². The van der Waals surface area contributed by atoms with E-state index in [2.05, 4.69) is 20.8 Å². The molecule has 1 aromatic rings. The maximum Gasteiger partial charge on any atom is 0.293 e. The number of unbranched alkanes of at least 4 members (excludes halogenated alkanes) is 2. The number of rotatable bonds is 11. The SMILES string of the molecule is CC(C)(C)CCCCc1cc(O)cc(CCCCC(C)(C)OC=O)c1O. The fourth-order valence-electron chi connectivity index (χ4n) is 3.15. The van der Waals surface area contributed by atoms with E-state index in [0.29, 0.717) is 24.1 Å². The predicted octanol–water partition coefficient (Wildman–Crippen LogP) is 5.52. The van der Waals surface area contributed by atoms with Crippen molar-refractivity contribution in [2.45, 2.75) is 91.6 Å². The average molecular weight is 365 g/mol. The summed E-state index contributed by atoms with van der Waals surface area (Å²) in [5.41, 5.74) is 1.50. The van der Waals surface area contributed by atoms with Crippen LogP contribution in [0.25, 0.3) is 0 Å². The summed E-state index contributed by atoms with van der Waals surface area (Å²) >= 11 is 0. The first-order valence-corrected chi connectivity index (χ1v) is 9.69. The number of carbonyl (C=O) groups excluding carboxylic acids is 1. The molecule has 0 saturated heterocycles. The molecule has 0 fully saturated rings. The summed E-state index contributed by atoms with van der Waals surface area (Å²) in [6, 6.07) is 3.33. The molecule has 0 bridgehead atoms. The monoisotopic (exact) mass is 364 g/mol. The summed E-state index contributed by atoms with van der Waals surface area (Å²) in [5.74, 6) is 0.537. The van der Waals surface area contributed by atoms with Gasteiger partial charge in [0.25, 0.3) is 6.47 Å². The summed E-state index contributed by atoms with van der Waals surface area (Å²) in [5, 5.41) is 20.5. The van der Waals surface area contributed by atoms with Crippen LogP contribution in [0, 0.1) is 5.41 Å². The zero-order valence-electron chi connectivity index (χ0n) is 17.1. The maximum atomic E-state index is 10.5. The Morgan fingerprint density at radius 2 is 1.38 bits per heavy atom. The van der Waals surface area contributed by atoms with Crippen molar-refractivity contribution in [3.63, 3.8) is 0 Å². The Bertz CT molecular complexity index is 570. The first kappa shape index (κ1) is 22.3. The lowest BCUT2D eigenvalue weighted by atomic mass is 9.89. The van der Waals surface area contributed by atoms with Gasteiger partial charge in [-0.3, -0.25) is 4.79 Å². The molecule has 26 heavy (non-hydrogen) atoms. The van der Waals surface area contributed by atoms with Gasteiger partial charge in [0.2, 0.25) is 0 Å². The van der Waals surface area contributed by atoms with Gasteiger partial charge in [-0.2, -0.15) is 0 Å². The second kappa shape index (κ2) is 9.84. The lowest BCUT2D eigenvalue weighted by molar-refractivity contribution is -0.140. The van der Waals surface area contributed by atoms with E-state index < -0.39 is 5.60 Å². The van der Waals surface area contributed by atoms with E-state index >= 15 is 0 Å². The number of ether oxygens (including phenoxy) is 1. The maximum absolute atomic E-state index is 10.5. The average Bonchev–Trinajstić information content (AvgIpc) is 2.50. The molecule has 0 aliphatic heterocycles. The van der Waals surface area contributed by atoms with E-state index in [1.54, 1.807) is 12.1 Å². The highest BCUT2D eigenvalue weighted by atomic mass is 16.5. The molecule has 0 aliphatic carbocycles. The third kappa shape index (κ3) is 8.59. The highest BCUT2D eigenvalue weighted by molar-refractivity contribution is 5.46. The molecule has 1 rings (SSSR count). The van der Waals surface area contributed by atoms with E-state index in [0.717, 1.165) is 56.1 Å². The van der Waals surface area contributed by atoms with Crippen LogP contribution in [0.15, 0.2) is 12.1 Å². The number of hydrogen-bond donors (Lipinski definition) is 2. The fraction of sp³-hybridized carbons (Fsp3) is 0.682. The summed E-state index contributed by atoms with van der Waals surface area (Å²) in [7, 11) is 0. The Hall–Kier alpha value is -1.71. The van der Waals surface area contributed by atoms with Crippen molar-refractivity contribution in [3.05, 3.63) is 23.3 Å². The smallest absolute Gasteiger partial charge is 0.293 e. The van der Waals surface area contributed by atoms with Crippen LogP contribution in [0.1, 0.15) is 84.3 Å². The quantitative estimate of drug-likeness (QED) is 0.308. The lowest BCUT2D eigenvalue weighted by Crippen LogP contribution is -2.23. The molecule has 0 aliphatic rings. The Labute approximate surface area is 158 Å². The zero-order chi connectivity index (χ0) is 19.8. The van der Waals surface area contributed by atoms with Crippen LogP contribution in [0.5, 0.6) is 11.5 Å². The molecule has 4 nitrogen and oxygen atoms in total. The number of phenolic OH excluding ortho intramolecular Hbond substituents is 2. The van der Waals surface area contributed by atoms with Crippen LogP contribution in [-0.2, 0) is 22.4 Å². The number of benzene rings is 1. The molecular formula is C22H36O4. The summed E-state index contributed by atoms with van der Waals surface area (Å²) < 4.78 is 5.05. The minimum Gasteiger partial charge on any atom is -0.508 e. The third-order valence-corrected chi connectivity index (χ3v) is 4.72. The highest BCUT2D eigenvalue weighted by Gasteiger charge is 2.18. The van der Waals surface area contributed by atoms with E-state index in [1.165, 1.54) is 0 Å². The van der Waals surface area contributed by atoms with Gasteiger partial charge in [0.05, 0.1) is 0 Å². The zero-order valence-corrected chi connectivity index (χ0v) is 17.1. The molecule has 2 N–H and O–H groups in total. The standard InChI is InChI=1S/C22H36O4/c1-21(2,3)12-8-6-10-17-14-19(24)15-18(20(17)25)11-7-9-13-22(4,5)26-16-23/h14-16,24-25H,6-13H2,1-5H3. The van der Waals surface area contributed by atoms with Gasteiger partial charge in [0.1, 0.15) is 17.1 Å². The van der Waals surface area contributed by atoms with E-state index in [9.17, 15) is 15.0 Å². The van der Waals surface area contributed by atoms with Gasteiger partial charge < -0.3 is 14.9 Å². The first-order chi connectivity index (χ1) is 12.0. The number of phenols is 2. The number of carbonyl (C=O) groups is 1. The third-order valence-electron chi connectivity index (χ3n) is 4.72. The van der Waals surface area contributed by atoms with E-state index in [4.69, 9.17) is 4.74 Å². The van der Waals surface area contributed by atoms with Crippen molar-refractivity contribution in [1.29, 1.82) is 0 Å². The second-order valence-corrected chi connectivity index (χ2v) is 9.06. The van der Waals surface area contributed by atoms with Crippen LogP contribution in [0.2, 0.25) is 0 Å². The van der Waals surface area contributed by atoms with Crippen LogP contribution in [0.3, 0.4) is 0 Å². The second-order valence-electron chi connectivity index (χ2n) is 9.06. The van der Waals surface area contributed by atoms with Crippen molar-refractivity contribution in [2.75, 3.05) is 0 Å². The van der Waals surface area contributed by atoms with Crippen LogP contribution < -0.4 is 0 Å². The Kier molecular flexibility index (Phi) is 8.45. The number of aromatic hydroxyl groups is 2.